The Labute approximate surface area is 86.1 Å². The third kappa shape index (κ3) is 1.13. The van der Waals surface area contributed by atoms with Gasteiger partial charge in [0.25, 0.3) is 0 Å². The van der Waals surface area contributed by atoms with Crippen LogP contribution in [0.15, 0.2) is 18.2 Å². The summed E-state index contributed by atoms with van der Waals surface area (Å²) in [4.78, 5) is 0. The van der Waals surface area contributed by atoms with Gasteiger partial charge in [-0.3, -0.25) is 0 Å². The Morgan fingerprint density at radius 2 is 2.21 bits per heavy atom. The van der Waals surface area contributed by atoms with Gasteiger partial charge in [-0.15, -0.1) is 0 Å². The fourth-order valence-corrected chi connectivity index (χ4v) is 2.06. The van der Waals surface area contributed by atoms with Gasteiger partial charge in [-0.05, 0) is 12.1 Å². The number of rotatable bonds is 1. The number of benzene rings is 1. The van der Waals surface area contributed by atoms with Crippen molar-refractivity contribution in [3.05, 3.63) is 34.7 Å². The molecule has 1 heterocycles. The van der Waals surface area contributed by atoms with Crippen LogP contribution in [0.25, 0.3) is 10.9 Å². The highest BCUT2D eigenvalue weighted by Crippen LogP contribution is 2.31. The lowest BCUT2D eigenvalue weighted by atomic mass is 10.2. The van der Waals surface area contributed by atoms with Crippen molar-refractivity contribution in [3.63, 3.8) is 0 Å². The van der Waals surface area contributed by atoms with Crippen LogP contribution in [0.1, 0.15) is 5.69 Å². The van der Waals surface area contributed by atoms with Crippen molar-refractivity contribution >= 4 is 22.5 Å². The maximum absolute atomic E-state index is 13.4. The molecule has 2 rings (SSSR count). The molecule has 2 nitrogen and oxygen atoms in total. The molecule has 14 heavy (non-hydrogen) atoms. The second kappa shape index (κ2) is 3.26. The molecule has 2 N–H and O–H groups in total. The van der Waals surface area contributed by atoms with E-state index in [4.69, 9.17) is 17.3 Å². The summed E-state index contributed by atoms with van der Waals surface area (Å²) in [5.74, 6) is -0.303. The number of halogens is 2. The fourth-order valence-electron chi connectivity index (χ4n) is 1.67. The molecule has 0 aliphatic rings. The lowest BCUT2D eigenvalue weighted by Gasteiger charge is -1.99. The maximum Gasteiger partial charge on any atom is 0.134 e. The molecule has 1 aromatic heterocycles. The van der Waals surface area contributed by atoms with Gasteiger partial charge in [-0.2, -0.15) is 0 Å². The average Bonchev–Trinajstić information content (AvgIpc) is 2.41. The van der Waals surface area contributed by atoms with Crippen molar-refractivity contribution < 1.29 is 4.39 Å². The molecule has 1 aromatic carbocycles. The third-order valence-electron chi connectivity index (χ3n) is 2.42. The quantitative estimate of drug-likeness (QED) is 0.774. The van der Waals surface area contributed by atoms with Crippen molar-refractivity contribution in [2.24, 2.45) is 12.8 Å². The lowest BCUT2D eigenvalue weighted by molar-refractivity contribution is 0.640. The molecule has 0 saturated heterocycles. The minimum Gasteiger partial charge on any atom is -0.345 e. The molecule has 0 fully saturated rings. The molecule has 0 amide bonds. The average molecular weight is 213 g/mol. The number of hydrogen-bond acceptors (Lipinski definition) is 1. The van der Waals surface area contributed by atoms with E-state index in [9.17, 15) is 4.39 Å². The van der Waals surface area contributed by atoms with E-state index in [0.717, 1.165) is 11.2 Å². The molecular weight excluding hydrogens is 203 g/mol. The normalized spacial score (nSPS) is 11.1. The Morgan fingerprint density at radius 3 is 2.79 bits per heavy atom. The topological polar surface area (TPSA) is 30.9 Å². The maximum atomic E-state index is 13.4. The minimum absolute atomic E-state index is 0.303. The van der Waals surface area contributed by atoms with E-state index < -0.39 is 0 Å². The summed E-state index contributed by atoms with van der Waals surface area (Å²) in [7, 11) is 1.83. The number of aromatic nitrogens is 1. The van der Waals surface area contributed by atoms with E-state index in [-0.39, 0.29) is 5.82 Å². The molecule has 74 valence electrons. The molecule has 2 aromatic rings. The van der Waals surface area contributed by atoms with E-state index in [1.807, 2.05) is 17.7 Å². The summed E-state index contributed by atoms with van der Waals surface area (Å²) in [5.41, 5.74) is 7.07. The minimum atomic E-state index is -0.303. The van der Waals surface area contributed by atoms with Crippen molar-refractivity contribution in [2.45, 2.75) is 6.54 Å². The number of nitrogens with two attached hydrogens (primary N) is 1. The Hall–Kier alpha value is -1.06. The van der Waals surface area contributed by atoms with E-state index in [2.05, 4.69) is 0 Å². The van der Waals surface area contributed by atoms with E-state index >= 15 is 0 Å². The highest BCUT2D eigenvalue weighted by atomic mass is 35.5. The number of hydrogen-bond donors (Lipinski definition) is 1. The van der Waals surface area contributed by atoms with Crippen LogP contribution in [0.2, 0.25) is 5.02 Å². The van der Waals surface area contributed by atoms with Crippen LogP contribution in [0.4, 0.5) is 4.39 Å². The first-order chi connectivity index (χ1) is 6.66. The predicted octanol–water partition coefficient (Wildman–Crippen LogP) is 2.43. The van der Waals surface area contributed by atoms with Crippen LogP contribution in [0, 0.1) is 5.82 Å². The second-order valence-electron chi connectivity index (χ2n) is 3.16. The highest BCUT2D eigenvalue weighted by molar-refractivity contribution is 6.36. The van der Waals surface area contributed by atoms with Crippen molar-refractivity contribution in [2.75, 3.05) is 0 Å². The first kappa shape index (κ1) is 9.49. The Morgan fingerprint density at radius 1 is 1.50 bits per heavy atom. The van der Waals surface area contributed by atoms with Crippen LogP contribution < -0.4 is 5.73 Å². The Balaban J connectivity index is 2.94. The SMILES string of the molecule is Cn1c(CN)c(Cl)c2c(F)cccc21. The second-order valence-corrected chi connectivity index (χ2v) is 3.54. The van der Waals surface area contributed by atoms with Gasteiger partial charge in [0.1, 0.15) is 5.82 Å². The smallest absolute Gasteiger partial charge is 0.134 e. The molecular formula is C10H10ClFN2. The van der Waals surface area contributed by atoms with Crippen LogP contribution >= 0.6 is 11.6 Å². The van der Waals surface area contributed by atoms with E-state index in [1.54, 1.807) is 6.07 Å². The standard InChI is InChI=1S/C10H10ClFN2/c1-14-7-4-2-3-6(12)9(7)10(11)8(14)5-13/h2-4H,5,13H2,1H3. The first-order valence-corrected chi connectivity index (χ1v) is 4.66. The summed E-state index contributed by atoms with van der Waals surface area (Å²) < 4.78 is 15.3. The highest BCUT2D eigenvalue weighted by Gasteiger charge is 2.14. The van der Waals surface area contributed by atoms with Crippen molar-refractivity contribution in [3.8, 4) is 0 Å². The summed E-state index contributed by atoms with van der Waals surface area (Å²) in [6, 6.07) is 4.88. The molecule has 0 aliphatic heterocycles. The van der Waals surface area contributed by atoms with Gasteiger partial charge in [0, 0.05) is 13.6 Å². The monoisotopic (exact) mass is 212 g/mol. The van der Waals surface area contributed by atoms with Gasteiger partial charge in [0.15, 0.2) is 0 Å². The van der Waals surface area contributed by atoms with Crippen LogP contribution in [-0.4, -0.2) is 4.57 Å². The third-order valence-corrected chi connectivity index (χ3v) is 2.83. The summed E-state index contributed by atoms with van der Waals surface area (Å²) in [6.07, 6.45) is 0. The van der Waals surface area contributed by atoms with Gasteiger partial charge >= 0.3 is 0 Å². The van der Waals surface area contributed by atoms with Crippen LogP contribution in [0.5, 0.6) is 0 Å². The predicted molar refractivity (Wildman–Crippen MR) is 55.8 cm³/mol. The molecule has 0 radical (unpaired) electrons. The summed E-state index contributed by atoms with van der Waals surface area (Å²) in [6.45, 7) is 0.309. The van der Waals surface area contributed by atoms with Gasteiger partial charge in [0.2, 0.25) is 0 Å². The van der Waals surface area contributed by atoms with Crippen molar-refractivity contribution in [1.82, 2.24) is 4.57 Å². The van der Waals surface area contributed by atoms with Crippen LogP contribution in [0.3, 0.4) is 0 Å². The lowest BCUT2D eigenvalue weighted by Crippen LogP contribution is -2.03. The molecule has 0 unspecified atom stereocenters. The summed E-state index contributed by atoms with van der Waals surface area (Å²) >= 11 is 6.03. The zero-order valence-corrected chi connectivity index (χ0v) is 8.48. The van der Waals surface area contributed by atoms with E-state index in [1.165, 1.54) is 6.07 Å². The number of fused-ring (bicyclic) bond motifs is 1. The molecule has 4 heteroatoms. The first-order valence-electron chi connectivity index (χ1n) is 4.28. The van der Waals surface area contributed by atoms with Crippen molar-refractivity contribution in [1.29, 1.82) is 0 Å². The van der Waals surface area contributed by atoms with Gasteiger partial charge in [-0.25, -0.2) is 4.39 Å². The Bertz CT molecular complexity index is 490. The molecule has 0 bridgehead atoms. The molecule has 0 spiro atoms. The number of nitrogens with zero attached hydrogens (tertiary/aromatic N) is 1. The largest absolute Gasteiger partial charge is 0.345 e. The zero-order chi connectivity index (χ0) is 10.3. The van der Waals surface area contributed by atoms with Gasteiger partial charge in [0.05, 0.1) is 21.6 Å². The van der Waals surface area contributed by atoms with E-state index in [0.29, 0.717) is 17.0 Å². The van der Waals surface area contributed by atoms with Gasteiger partial charge in [-0.1, -0.05) is 17.7 Å². The Kier molecular flexibility index (Phi) is 2.21. The molecule has 0 atom stereocenters. The number of aryl methyl sites for hydroxylation is 1. The van der Waals surface area contributed by atoms with Crippen LogP contribution in [-0.2, 0) is 13.6 Å². The summed E-state index contributed by atoms with van der Waals surface area (Å²) in [5, 5.41) is 0.875. The molecule has 0 saturated carbocycles. The fraction of sp³-hybridized carbons (Fsp3) is 0.200. The molecule has 0 aliphatic carbocycles. The zero-order valence-electron chi connectivity index (χ0n) is 7.72. The van der Waals surface area contributed by atoms with Gasteiger partial charge < -0.3 is 10.3 Å².